The molecule has 1 atom stereocenters. The van der Waals surface area contributed by atoms with E-state index in [0.717, 1.165) is 18.4 Å². The van der Waals surface area contributed by atoms with E-state index in [2.05, 4.69) is 53.8 Å². The summed E-state index contributed by atoms with van der Waals surface area (Å²) in [6, 6.07) is 28.6. The normalized spacial score (nSPS) is 15.6. The highest BCUT2D eigenvalue weighted by Crippen LogP contribution is 2.27. The van der Waals surface area contributed by atoms with Crippen LogP contribution in [0.3, 0.4) is 0 Å². The minimum absolute atomic E-state index is 0.0572. The van der Waals surface area contributed by atoms with Gasteiger partial charge in [0.05, 0.1) is 6.61 Å². The van der Waals surface area contributed by atoms with Gasteiger partial charge in [0.1, 0.15) is 0 Å². The second kappa shape index (κ2) is 8.19. The highest BCUT2D eigenvalue weighted by atomic mass is 16.5. The maximum Gasteiger partial charge on any atom is 0.253 e. The molecule has 1 N–H and O–H groups in total. The van der Waals surface area contributed by atoms with Crippen molar-refractivity contribution in [3.05, 3.63) is 107 Å². The molecule has 136 valence electrons. The van der Waals surface area contributed by atoms with Crippen molar-refractivity contribution in [2.24, 2.45) is 5.92 Å². The number of nitrogens with one attached hydrogen (secondary N) is 1. The van der Waals surface area contributed by atoms with Gasteiger partial charge in [0.15, 0.2) is 6.23 Å². The third-order valence-corrected chi connectivity index (χ3v) is 4.98. The fourth-order valence-corrected chi connectivity index (χ4v) is 3.66. The van der Waals surface area contributed by atoms with Gasteiger partial charge >= 0.3 is 0 Å². The van der Waals surface area contributed by atoms with Gasteiger partial charge in [-0.05, 0) is 36.0 Å². The van der Waals surface area contributed by atoms with Gasteiger partial charge in [-0.15, -0.1) is 0 Å². The van der Waals surface area contributed by atoms with Crippen LogP contribution in [0.2, 0.25) is 0 Å². The first kappa shape index (κ1) is 17.5. The predicted molar refractivity (Wildman–Crippen MR) is 106 cm³/mol. The summed E-state index contributed by atoms with van der Waals surface area (Å²) in [5.41, 5.74) is 4.25. The summed E-state index contributed by atoms with van der Waals surface area (Å²) < 4.78 is 6.17. The van der Waals surface area contributed by atoms with Crippen molar-refractivity contribution in [1.29, 1.82) is 0 Å². The third-order valence-electron chi connectivity index (χ3n) is 4.98. The average Bonchev–Trinajstić information content (AvgIpc) is 3.04. The maximum atomic E-state index is 12.1. The minimum Gasteiger partial charge on any atom is -0.354 e. The zero-order valence-corrected chi connectivity index (χ0v) is 15.2. The van der Waals surface area contributed by atoms with E-state index in [-0.39, 0.29) is 12.1 Å². The largest absolute Gasteiger partial charge is 0.354 e. The van der Waals surface area contributed by atoms with E-state index in [9.17, 15) is 4.79 Å². The fourth-order valence-electron chi connectivity index (χ4n) is 3.66. The number of carbonyl (C=O) groups is 1. The molecule has 3 aromatic rings. The number of fused-ring (bicyclic) bond motifs is 1. The third kappa shape index (κ3) is 4.26. The quantitative estimate of drug-likeness (QED) is 0.674. The Bertz CT molecular complexity index is 851. The van der Waals surface area contributed by atoms with Crippen LogP contribution in [-0.4, -0.2) is 12.5 Å². The molecule has 0 fully saturated rings. The fraction of sp³-hybridized carbons (Fsp3) is 0.208. The molecule has 0 saturated carbocycles. The van der Waals surface area contributed by atoms with Gasteiger partial charge in [0.25, 0.3) is 5.91 Å². The van der Waals surface area contributed by atoms with E-state index in [1.54, 1.807) is 0 Å². The summed E-state index contributed by atoms with van der Waals surface area (Å²) >= 11 is 0. The molecule has 3 aromatic carbocycles. The Hall–Kier alpha value is -2.91. The van der Waals surface area contributed by atoms with Crippen molar-refractivity contribution in [1.82, 2.24) is 5.32 Å². The summed E-state index contributed by atoms with van der Waals surface area (Å²) in [6.07, 6.45) is 1.53. The van der Waals surface area contributed by atoms with E-state index < -0.39 is 0 Å². The molecule has 0 radical (unpaired) electrons. The molecule has 0 spiro atoms. The van der Waals surface area contributed by atoms with Gasteiger partial charge in [-0.3, -0.25) is 4.79 Å². The van der Waals surface area contributed by atoms with Crippen molar-refractivity contribution in [2.75, 3.05) is 6.61 Å². The summed E-state index contributed by atoms with van der Waals surface area (Å²) in [6.45, 7) is 0.586. The Morgan fingerprint density at radius 1 is 0.778 bits per heavy atom. The predicted octanol–water partition coefficient (Wildman–Crippen LogP) is 4.55. The molecule has 1 aliphatic heterocycles. The number of ether oxygens (including phenoxy) is 1. The van der Waals surface area contributed by atoms with Crippen LogP contribution in [-0.2, 0) is 17.6 Å². The van der Waals surface area contributed by atoms with Gasteiger partial charge in [-0.25, -0.2) is 0 Å². The number of rotatable bonds is 7. The zero-order valence-electron chi connectivity index (χ0n) is 15.2. The molecule has 3 heteroatoms. The first-order valence-corrected chi connectivity index (χ1v) is 9.39. The van der Waals surface area contributed by atoms with Gasteiger partial charge in [-0.2, -0.15) is 0 Å². The van der Waals surface area contributed by atoms with Crippen molar-refractivity contribution < 1.29 is 9.53 Å². The molecule has 0 aromatic heterocycles. The second-order valence-electron chi connectivity index (χ2n) is 7.02. The lowest BCUT2D eigenvalue weighted by Crippen LogP contribution is -2.25. The maximum absolute atomic E-state index is 12.1. The van der Waals surface area contributed by atoms with E-state index in [4.69, 9.17) is 4.74 Å². The Kier molecular flexibility index (Phi) is 5.31. The number of carbonyl (C=O) groups excluding carboxylic acids is 1. The van der Waals surface area contributed by atoms with Gasteiger partial charge in [0.2, 0.25) is 0 Å². The van der Waals surface area contributed by atoms with Crippen molar-refractivity contribution in [3.8, 4) is 0 Å². The highest BCUT2D eigenvalue weighted by molar-refractivity contribution is 5.98. The number of hydrogen-bond donors (Lipinski definition) is 1. The first-order chi connectivity index (χ1) is 13.3. The van der Waals surface area contributed by atoms with Crippen LogP contribution in [0.4, 0.5) is 0 Å². The molecular formula is C24H23NO2. The molecule has 1 unspecified atom stereocenters. The Morgan fingerprint density at radius 3 is 1.96 bits per heavy atom. The lowest BCUT2D eigenvalue weighted by atomic mass is 9.93. The van der Waals surface area contributed by atoms with Crippen LogP contribution in [0.15, 0.2) is 84.9 Å². The Labute approximate surface area is 160 Å². The van der Waals surface area contributed by atoms with Gasteiger partial charge in [0, 0.05) is 11.1 Å². The van der Waals surface area contributed by atoms with Crippen LogP contribution < -0.4 is 5.32 Å². The molecule has 1 heterocycles. The summed E-state index contributed by atoms with van der Waals surface area (Å²) in [5.74, 6) is 0.276. The standard InChI is InChI=1S/C24H23NO2/c26-23-21-13-7-8-14-22(21)24(25-23)27-17-20(15-18-9-3-1-4-10-18)16-19-11-5-2-6-12-19/h1-14,20,24H,15-17H2,(H,25,26). The molecule has 0 bridgehead atoms. The lowest BCUT2D eigenvalue weighted by molar-refractivity contribution is 0.0142. The summed E-state index contributed by atoms with van der Waals surface area (Å²) in [7, 11) is 0. The topological polar surface area (TPSA) is 38.3 Å². The first-order valence-electron chi connectivity index (χ1n) is 9.39. The molecule has 3 nitrogen and oxygen atoms in total. The molecule has 0 aliphatic carbocycles. The van der Waals surface area contributed by atoms with Crippen LogP contribution in [0.5, 0.6) is 0 Å². The van der Waals surface area contributed by atoms with E-state index in [1.807, 2.05) is 36.4 Å². The Balaban J connectivity index is 1.47. The van der Waals surface area contributed by atoms with Crippen molar-refractivity contribution >= 4 is 5.91 Å². The van der Waals surface area contributed by atoms with Crippen molar-refractivity contribution in [2.45, 2.75) is 19.1 Å². The summed E-state index contributed by atoms with van der Waals surface area (Å²) in [5, 5.41) is 2.94. The lowest BCUT2D eigenvalue weighted by Gasteiger charge is -2.21. The van der Waals surface area contributed by atoms with E-state index >= 15 is 0 Å². The Morgan fingerprint density at radius 2 is 1.33 bits per heavy atom. The van der Waals surface area contributed by atoms with Crippen LogP contribution in [0.1, 0.15) is 33.3 Å². The molecule has 4 rings (SSSR count). The van der Waals surface area contributed by atoms with Gasteiger partial charge in [-0.1, -0.05) is 78.9 Å². The van der Waals surface area contributed by atoms with Crippen LogP contribution in [0, 0.1) is 5.92 Å². The van der Waals surface area contributed by atoms with Gasteiger partial charge < -0.3 is 10.1 Å². The van der Waals surface area contributed by atoms with E-state index in [1.165, 1.54) is 11.1 Å². The molecule has 1 amide bonds. The number of amides is 1. The molecular weight excluding hydrogens is 334 g/mol. The number of hydrogen-bond acceptors (Lipinski definition) is 2. The smallest absolute Gasteiger partial charge is 0.253 e. The SMILES string of the molecule is O=C1NC(OCC(Cc2ccccc2)Cc2ccccc2)c2ccccc21. The average molecular weight is 357 g/mol. The zero-order chi connectivity index (χ0) is 18.5. The minimum atomic E-state index is -0.359. The number of benzene rings is 3. The monoisotopic (exact) mass is 357 g/mol. The molecule has 27 heavy (non-hydrogen) atoms. The van der Waals surface area contributed by atoms with Crippen LogP contribution in [0.25, 0.3) is 0 Å². The van der Waals surface area contributed by atoms with Crippen molar-refractivity contribution in [3.63, 3.8) is 0 Å². The summed E-state index contributed by atoms with van der Waals surface area (Å²) in [4.78, 5) is 12.1. The second-order valence-corrected chi connectivity index (χ2v) is 7.02. The molecule has 1 aliphatic rings. The molecule has 0 saturated heterocycles. The highest BCUT2D eigenvalue weighted by Gasteiger charge is 2.29. The van der Waals surface area contributed by atoms with Crippen LogP contribution >= 0.6 is 0 Å². The van der Waals surface area contributed by atoms with E-state index in [0.29, 0.717) is 18.1 Å².